The van der Waals surface area contributed by atoms with Gasteiger partial charge < -0.3 is 11.7 Å². The van der Waals surface area contributed by atoms with Crippen molar-refractivity contribution in [2.45, 2.75) is 96.4 Å². The van der Waals surface area contributed by atoms with Crippen LogP contribution in [0.3, 0.4) is 0 Å². The molecule has 5 rings (SSSR count). The Bertz CT molecular complexity index is 455. The summed E-state index contributed by atoms with van der Waals surface area (Å²) in [6, 6.07) is 11.0. The summed E-state index contributed by atoms with van der Waals surface area (Å²) in [5, 5.41) is 4.96. The first-order valence-electron chi connectivity index (χ1n) is 11.4. The Morgan fingerprint density at radius 1 is 0.741 bits per heavy atom. The fourth-order valence-corrected chi connectivity index (χ4v) is 5.42. The standard InChI is InChI=1S/C15H19N.2C5H10.Zr/c1-2-14-11-8-9-12(10-11)15(14)16-13-6-4-3-5-7-13;2*1-2-4-5-3-1;/h2-7,11-12,14-15H,8-10H2,1H3;2*1-5H2;/q-2;;;+4/t11-,12+,14+,15-;;;/m1.../s1. The molecule has 4 saturated carbocycles. The van der Waals surface area contributed by atoms with E-state index >= 15 is 0 Å². The van der Waals surface area contributed by atoms with E-state index in [1.54, 1.807) is 0 Å². The number of hydrogen-bond acceptors (Lipinski definition) is 0. The van der Waals surface area contributed by atoms with Crippen LogP contribution < -0.4 is 0 Å². The maximum absolute atomic E-state index is 4.96. The molecule has 4 atom stereocenters. The van der Waals surface area contributed by atoms with Crippen molar-refractivity contribution in [3.05, 3.63) is 42.1 Å². The van der Waals surface area contributed by atoms with Crippen LogP contribution in [0.2, 0.25) is 0 Å². The molecule has 1 nitrogen and oxygen atoms in total. The topological polar surface area (TPSA) is 14.1 Å². The molecular weight excluding hydrogens is 406 g/mol. The van der Waals surface area contributed by atoms with Gasteiger partial charge in [0.2, 0.25) is 0 Å². The maximum Gasteiger partial charge on any atom is 4.00 e. The van der Waals surface area contributed by atoms with Gasteiger partial charge in [0.25, 0.3) is 0 Å². The summed E-state index contributed by atoms with van der Waals surface area (Å²) in [6.07, 6.45) is 21.6. The zero-order valence-electron chi connectivity index (χ0n) is 17.4. The predicted molar refractivity (Wildman–Crippen MR) is 114 cm³/mol. The van der Waals surface area contributed by atoms with Crippen molar-refractivity contribution in [2.24, 2.45) is 17.8 Å². The minimum Gasteiger partial charge on any atom is -0.683 e. The minimum absolute atomic E-state index is 0. The van der Waals surface area contributed by atoms with Gasteiger partial charge in [-0.1, -0.05) is 126 Å². The van der Waals surface area contributed by atoms with E-state index in [1.807, 2.05) is 0 Å². The molecular formula is C25H39NZr+2. The average molecular weight is 445 g/mol. The smallest absolute Gasteiger partial charge is 0.683 e. The van der Waals surface area contributed by atoms with Crippen LogP contribution >= 0.6 is 0 Å². The molecule has 0 heterocycles. The molecule has 4 aliphatic carbocycles. The summed E-state index contributed by atoms with van der Waals surface area (Å²) in [6.45, 7) is 2.21. The molecule has 2 bridgehead atoms. The van der Waals surface area contributed by atoms with Gasteiger partial charge in [-0.3, -0.25) is 0 Å². The second-order valence-electron chi connectivity index (χ2n) is 8.73. The first-order chi connectivity index (χ1) is 12.9. The Morgan fingerprint density at radius 3 is 1.70 bits per heavy atom. The Kier molecular flexibility index (Phi) is 11.3. The van der Waals surface area contributed by atoms with Crippen LogP contribution in [0.25, 0.3) is 5.32 Å². The Hall–Kier alpha value is -0.0969. The van der Waals surface area contributed by atoms with Gasteiger partial charge in [-0.15, -0.1) is 11.7 Å². The van der Waals surface area contributed by atoms with Crippen LogP contribution in [-0.2, 0) is 26.2 Å². The molecule has 146 valence electrons. The third-order valence-corrected chi connectivity index (χ3v) is 6.87. The minimum atomic E-state index is 0. The van der Waals surface area contributed by atoms with Crippen LogP contribution in [-0.4, -0.2) is 6.04 Å². The third-order valence-electron chi connectivity index (χ3n) is 6.87. The Morgan fingerprint density at radius 2 is 1.22 bits per heavy atom. The predicted octanol–water partition coefficient (Wildman–Crippen LogP) is 8.23. The van der Waals surface area contributed by atoms with Crippen molar-refractivity contribution < 1.29 is 26.2 Å². The van der Waals surface area contributed by atoms with Gasteiger partial charge in [0.15, 0.2) is 0 Å². The monoisotopic (exact) mass is 443 g/mol. The molecule has 0 aliphatic heterocycles. The molecule has 0 unspecified atom stereocenters. The fourth-order valence-electron chi connectivity index (χ4n) is 5.42. The van der Waals surface area contributed by atoms with E-state index < -0.39 is 0 Å². The van der Waals surface area contributed by atoms with Crippen LogP contribution in [0.1, 0.15) is 90.4 Å². The molecule has 0 radical (unpaired) electrons. The molecule has 27 heavy (non-hydrogen) atoms. The zero-order chi connectivity index (χ0) is 18.0. The van der Waals surface area contributed by atoms with Gasteiger partial charge in [-0.25, -0.2) is 0 Å². The number of nitrogens with zero attached hydrogens (tertiary/aromatic N) is 1. The van der Waals surface area contributed by atoms with Gasteiger partial charge in [-0.2, -0.15) is 12.8 Å². The van der Waals surface area contributed by atoms with Gasteiger partial charge in [0.1, 0.15) is 0 Å². The first kappa shape index (κ1) is 23.2. The van der Waals surface area contributed by atoms with Crippen molar-refractivity contribution in [1.82, 2.24) is 0 Å². The van der Waals surface area contributed by atoms with Crippen LogP contribution in [0.5, 0.6) is 0 Å². The van der Waals surface area contributed by atoms with Crippen molar-refractivity contribution in [3.8, 4) is 0 Å². The van der Waals surface area contributed by atoms with Gasteiger partial charge in [0.05, 0.1) is 0 Å². The largest absolute Gasteiger partial charge is 4.00 e. The normalized spacial score (nSPS) is 30.6. The number of hydrogen-bond donors (Lipinski definition) is 0. The van der Waals surface area contributed by atoms with E-state index in [2.05, 4.69) is 43.7 Å². The fraction of sp³-hybridized carbons (Fsp3) is 0.720. The van der Waals surface area contributed by atoms with Gasteiger partial charge in [-0.05, 0) is 0 Å². The number of benzene rings is 1. The molecule has 0 saturated heterocycles. The summed E-state index contributed by atoms with van der Waals surface area (Å²) < 4.78 is 0. The molecule has 2 heteroatoms. The van der Waals surface area contributed by atoms with E-state index in [9.17, 15) is 0 Å². The second-order valence-corrected chi connectivity index (χ2v) is 8.73. The van der Waals surface area contributed by atoms with Gasteiger partial charge >= 0.3 is 26.2 Å². The molecule has 4 fully saturated rings. The third kappa shape index (κ3) is 7.34. The number of fused-ring (bicyclic) bond motifs is 2. The Balaban J connectivity index is 0.000000195. The quantitative estimate of drug-likeness (QED) is 0.417. The summed E-state index contributed by atoms with van der Waals surface area (Å²) in [4.78, 5) is 0. The Labute approximate surface area is 187 Å². The van der Waals surface area contributed by atoms with E-state index in [-0.39, 0.29) is 26.2 Å². The van der Waals surface area contributed by atoms with Crippen LogP contribution in [0, 0.1) is 24.2 Å². The molecule has 1 aromatic rings. The zero-order valence-corrected chi connectivity index (χ0v) is 19.9. The molecule has 0 amide bonds. The number of para-hydroxylation sites is 1. The van der Waals surface area contributed by atoms with E-state index in [1.165, 1.54) is 83.5 Å². The molecule has 4 aliphatic rings. The van der Waals surface area contributed by atoms with E-state index in [4.69, 9.17) is 5.32 Å². The molecule has 0 spiro atoms. The van der Waals surface area contributed by atoms with E-state index in [0.29, 0.717) is 6.04 Å². The van der Waals surface area contributed by atoms with Crippen molar-refractivity contribution >= 4 is 5.69 Å². The SMILES string of the molecule is C1CCCC1.C1CCCC1.C[CH-][C@H]1[C@@H]2CC[C@@H](C2)[C@H]1[N-]c1ccccc1.[Zr+4]. The first-order valence-corrected chi connectivity index (χ1v) is 11.4. The average Bonchev–Trinajstić information content (AvgIpc) is 3.51. The summed E-state index contributed by atoms with van der Waals surface area (Å²) >= 11 is 0. The molecule has 1 aromatic carbocycles. The molecule has 0 aromatic heterocycles. The van der Waals surface area contributed by atoms with Crippen molar-refractivity contribution in [1.29, 1.82) is 0 Å². The van der Waals surface area contributed by atoms with Gasteiger partial charge in [0, 0.05) is 0 Å². The molecule has 0 N–H and O–H groups in total. The summed E-state index contributed by atoms with van der Waals surface area (Å²) in [5.41, 5.74) is 1.16. The summed E-state index contributed by atoms with van der Waals surface area (Å²) in [5.74, 6) is 2.51. The van der Waals surface area contributed by atoms with E-state index in [0.717, 1.165) is 23.4 Å². The van der Waals surface area contributed by atoms with Crippen LogP contribution in [0.4, 0.5) is 5.69 Å². The van der Waals surface area contributed by atoms with Crippen LogP contribution in [0.15, 0.2) is 30.3 Å². The summed E-state index contributed by atoms with van der Waals surface area (Å²) in [7, 11) is 0. The van der Waals surface area contributed by atoms with Crippen molar-refractivity contribution in [2.75, 3.05) is 0 Å². The van der Waals surface area contributed by atoms with Crippen molar-refractivity contribution in [3.63, 3.8) is 0 Å². The second kappa shape index (κ2) is 13.2. The maximum atomic E-state index is 4.96. The number of rotatable bonds is 3.